The van der Waals surface area contributed by atoms with Crippen LogP contribution in [0.4, 0.5) is 4.39 Å². The first kappa shape index (κ1) is 14.2. The van der Waals surface area contributed by atoms with Gasteiger partial charge in [0.05, 0.1) is 18.8 Å². The van der Waals surface area contributed by atoms with E-state index in [1.165, 1.54) is 13.0 Å². The minimum absolute atomic E-state index is 0.00136. The molecule has 0 amide bonds. The van der Waals surface area contributed by atoms with Gasteiger partial charge in [0.15, 0.2) is 0 Å². The molecule has 5 nitrogen and oxygen atoms in total. The van der Waals surface area contributed by atoms with E-state index in [0.29, 0.717) is 13.2 Å². The molecule has 19 heavy (non-hydrogen) atoms. The number of ether oxygens (including phenoxy) is 2. The van der Waals surface area contributed by atoms with Crippen LogP contribution in [-0.4, -0.2) is 33.7 Å². The molecule has 1 aromatic rings. The smallest absolute Gasteiger partial charge is 0.338 e. The van der Waals surface area contributed by atoms with E-state index in [2.05, 4.69) is 0 Å². The Morgan fingerprint density at radius 1 is 1.47 bits per heavy atom. The Bertz CT molecular complexity index is 624. The van der Waals surface area contributed by atoms with Crippen molar-refractivity contribution < 1.29 is 27.1 Å². The molecule has 0 aromatic heterocycles. The summed E-state index contributed by atoms with van der Waals surface area (Å²) in [4.78, 5) is 11.0. The molecule has 1 saturated heterocycles. The maximum Gasteiger partial charge on any atom is 0.338 e. The molecule has 1 aliphatic rings. The number of benzene rings is 1. The van der Waals surface area contributed by atoms with Crippen molar-refractivity contribution in [2.45, 2.75) is 17.9 Å². The summed E-state index contributed by atoms with van der Waals surface area (Å²) in [6, 6.07) is 2.08. The lowest BCUT2D eigenvalue weighted by Gasteiger charge is -2.25. The number of carbonyl (C=O) groups is 1. The summed E-state index contributed by atoms with van der Waals surface area (Å²) < 4.78 is 45.9. The molecule has 8 heteroatoms. The van der Waals surface area contributed by atoms with Gasteiger partial charge >= 0.3 is 5.97 Å². The lowest BCUT2D eigenvalue weighted by molar-refractivity contribution is -0.103. The molecule has 0 bridgehead atoms. The highest BCUT2D eigenvalue weighted by atomic mass is 35.7. The maximum atomic E-state index is 13.6. The zero-order chi connectivity index (χ0) is 14.2. The fourth-order valence-corrected chi connectivity index (χ4v) is 2.51. The normalized spacial score (nSPS) is 15.9. The van der Waals surface area contributed by atoms with Crippen LogP contribution < -0.4 is 0 Å². The van der Waals surface area contributed by atoms with Gasteiger partial charge in [-0.3, -0.25) is 0 Å². The van der Waals surface area contributed by atoms with Crippen molar-refractivity contribution in [3.05, 3.63) is 29.1 Å². The summed E-state index contributed by atoms with van der Waals surface area (Å²) in [5.41, 5.74) is -0.0661. The second-order valence-corrected chi connectivity index (χ2v) is 6.64. The highest BCUT2D eigenvalue weighted by Gasteiger charge is 2.26. The van der Waals surface area contributed by atoms with Gasteiger partial charge in [0.25, 0.3) is 9.05 Å². The fourth-order valence-electron chi connectivity index (χ4n) is 1.53. The summed E-state index contributed by atoms with van der Waals surface area (Å²) in [6.07, 6.45) is -0.353. The van der Waals surface area contributed by atoms with Crippen LogP contribution in [0.3, 0.4) is 0 Å². The first-order valence-corrected chi connectivity index (χ1v) is 7.63. The van der Waals surface area contributed by atoms with Gasteiger partial charge in [0.2, 0.25) is 0 Å². The van der Waals surface area contributed by atoms with Crippen molar-refractivity contribution in [3.8, 4) is 0 Å². The van der Waals surface area contributed by atoms with E-state index < -0.39 is 25.7 Å². The minimum atomic E-state index is -4.27. The first-order valence-electron chi connectivity index (χ1n) is 5.32. The summed E-state index contributed by atoms with van der Waals surface area (Å²) >= 11 is 0. The van der Waals surface area contributed by atoms with E-state index in [1.54, 1.807) is 0 Å². The zero-order valence-electron chi connectivity index (χ0n) is 9.85. The van der Waals surface area contributed by atoms with Crippen LogP contribution in [0.2, 0.25) is 0 Å². The molecule has 0 spiro atoms. The van der Waals surface area contributed by atoms with E-state index in [4.69, 9.17) is 20.2 Å². The van der Waals surface area contributed by atoms with Gasteiger partial charge < -0.3 is 9.47 Å². The number of carbonyl (C=O) groups excluding carboxylic acids is 1. The van der Waals surface area contributed by atoms with Crippen molar-refractivity contribution in [1.82, 2.24) is 0 Å². The van der Waals surface area contributed by atoms with Crippen LogP contribution in [0.1, 0.15) is 15.9 Å². The number of aryl methyl sites for hydroxylation is 1. The third-order valence-corrected chi connectivity index (χ3v) is 3.92. The second kappa shape index (κ2) is 5.07. The van der Waals surface area contributed by atoms with E-state index >= 15 is 0 Å². The summed E-state index contributed by atoms with van der Waals surface area (Å²) in [5, 5.41) is 0. The molecular formula is C11H10ClFO5S. The molecule has 0 N–H and O–H groups in total. The Morgan fingerprint density at radius 2 is 2.11 bits per heavy atom. The lowest BCUT2D eigenvalue weighted by Crippen LogP contribution is -2.37. The van der Waals surface area contributed by atoms with Gasteiger partial charge in [0, 0.05) is 10.7 Å². The molecule has 1 fully saturated rings. The van der Waals surface area contributed by atoms with E-state index in [1.807, 2.05) is 0 Å². The molecule has 1 heterocycles. The summed E-state index contributed by atoms with van der Waals surface area (Å²) in [5.74, 6) is -1.71. The average Bonchev–Trinajstić information content (AvgIpc) is 2.25. The Morgan fingerprint density at radius 3 is 2.58 bits per heavy atom. The van der Waals surface area contributed by atoms with Crippen LogP contribution >= 0.6 is 10.7 Å². The third-order valence-electron chi connectivity index (χ3n) is 2.60. The summed E-state index contributed by atoms with van der Waals surface area (Å²) in [7, 11) is 0.849. The zero-order valence-corrected chi connectivity index (χ0v) is 11.4. The predicted molar refractivity (Wildman–Crippen MR) is 64.2 cm³/mol. The Hall–Kier alpha value is -1.18. The molecule has 0 radical (unpaired) electrons. The van der Waals surface area contributed by atoms with Crippen molar-refractivity contribution in [2.24, 2.45) is 0 Å². The Balaban J connectivity index is 2.36. The number of rotatable bonds is 3. The van der Waals surface area contributed by atoms with E-state index in [-0.39, 0.29) is 17.2 Å². The van der Waals surface area contributed by atoms with Crippen LogP contribution in [0.25, 0.3) is 0 Å². The fraction of sp³-hybridized carbons (Fsp3) is 0.364. The molecular weight excluding hydrogens is 299 g/mol. The van der Waals surface area contributed by atoms with Crippen molar-refractivity contribution >= 4 is 25.7 Å². The van der Waals surface area contributed by atoms with Crippen LogP contribution in [-0.2, 0) is 18.5 Å². The SMILES string of the molecule is Cc1cc(C(=O)OC2COC2)cc(S(=O)(=O)Cl)c1F. The van der Waals surface area contributed by atoms with Crippen molar-refractivity contribution in [1.29, 1.82) is 0 Å². The topological polar surface area (TPSA) is 69.7 Å². The highest BCUT2D eigenvalue weighted by Crippen LogP contribution is 2.24. The standard InChI is InChI=1S/C11H10ClFO5S/c1-6-2-7(11(14)18-8-4-17-5-8)3-9(10(6)13)19(12,15)16/h2-3,8H,4-5H2,1H3. The second-order valence-electron chi connectivity index (χ2n) is 4.11. The maximum absolute atomic E-state index is 13.6. The Labute approximate surface area is 113 Å². The molecule has 2 rings (SSSR count). The highest BCUT2D eigenvalue weighted by molar-refractivity contribution is 8.13. The number of hydrogen-bond acceptors (Lipinski definition) is 5. The van der Waals surface area contributed by atoms with Crippen LogP contribution in [0, 0.1) is 12.7 Å². The van der Waals surface area contributed by atoms with Crippen molar-refractivity contribution in [2.75, 3.05) is 13.2 Å². The monoisotopic (exact) mass is 308 g/mol. The van der Waals surface area contributed by atoms with Gasteiger partial charge in [-0.05, 0) is 24.6 Å². The van der Waals surface area contributed by atoms with E-state index in [9.17, 15) is 17.6 Å². The average molecular weight is 309 g/mol. The van der Waals surface area contributed by atoms with Crippen LogP contribution in [0.5, 0.6) is 0 Å². The van der Waals surface area contributed by atoms with E-state index in [0.717, 1.165) is 6.07 Å². The minimum Gasteiger partial charge on any atom is -0.454 e. The first-order chi connectivity index (χ1) is 8.79. The van der Waals surface area contributed by atoms with Crippen LogP contribution in [0.15, 0.2) is 17.0 Å². The van der Waals surface area contributed by atoms with Gasteiger partial charge in [-0.1, -0.05) is 0 Å². The van der Waals surface area contributed by atoms with Gasteiger partial charge in [-0.25, -0.2) is 17.6 Å². The molecule has 0 unspecified atom stereocenters. The quantitative estimate of drug-likeness (QED) is 0.627. The van der Waals surface area contributed by atoms with Gasteiger partial charge in [-0.2, -0.15) is 0 Å². The number of hydrogen-bond donors (Lipinski definition) is 0. The molecule has 0 saturated carbocycles. The lowest BCUT2D eigenvalue weighted by atomic mass is 10.1. The predicted octanol–water partition coefficient (Wildman–Crippen LogP) is 1.62. The molecule has 0 atom stereocenters. The van der Waals surface area contributed by atoms with Gasteiger partial charge in [0.1, 0.15) is 16.8 Å². The largest absolute Gasteiger partial charge is 0.454 e. The van der Waals surface area contributed by atoms with Gasteiger partial charge in [-0.15, -0.1) is 0 Å². The number of esters is 1. The molecule has 1 aliphatic heterocycles. The van der Waals surface area contributed by atoms with Crippen molar-refractivity contribution in [3.63, 3.8) is 0 Å². The number of halogens is 2. The summed E-state index contributed by atoms with van der Waals surface area (Å²) in [6.45, 7) is 1.93. The molecule has 0 aliphatic carbocycles. The molecule has 1 aromatic carbocycles. The third kappa shape index (κ3) is 3.05. The Kier molecular flexibility index (Phi) is 3.80. The molecule has 104 valence electrons.